The minimum absolute atomic E-state index is 0.126. The second-order valence-electron chi connectivity index (χ2n) is 7.54. The van der Waals surface area contributed by atoms with Gasteiger partial charge in [0.25, 0.3) is 0 Å². The van der Waals surface area contributed by atoms with Gasteiger partial charge in [0.05, 0.1) is 12.4 Å². The fourth-order valence-electron chi connectivity index (χ4n) is 3.65. The van der Waals surface area contributed by atoms with E-state index in [0.29, 0.717) is 24.0 Å². The van der Waals surface area contributed by atoms with E-state index in [1.165, 1.54) is 17.2 Å². The molecule has 30 heavy (non-hydrogen) atoms. The van der Waals surface area contributed by atoms with Crippen molar-refractivity contribution in [3.05, 3.63) is 12.7 Å². The maximum absolute atomic E-state index is 11.0. The molecule has 1 aliphatic heterocycles. The molecule has 1 aliphatic rings. The van der Waals surface area contributed by atoms with Crippen LogP contribution in [0.2, 0.25) is 0 Å². The van der Waals surface area contributed by atoms with Crippen LogP contribution in [0.15, 0.2) is 12.7 Å². The summed E-state index contributed by atoms with van der Waals surface area (Å²) < 4.78 is 7.50. The van der Waals surface area contributed by atoms with E-state index in [4.69, 9.17) is 21.3 Å². The summed E-state index contributed by atoms with van der Waals surface area (Å²) in [7, 11) is 0. The lowest BCUT2D eigenvalue weighted by atomic mass is 9.97. The number of aromatic nitrogens is 4. The number of aliphatic carboxylic acids is 1. The van der Waals surface area contributed by atoms with Crippen LogP contribution in [0.4, 0.5) is 5.82 Å². The predicted octanol–water partition coefficient (Wildman–Crippen LogP) is -1.02. The summed E-state index contributed by atoms with van der Waals surface area (Å²) >= 11 is 0. The molecular formula is C18H29N7O5. The average Bonchev–Trinajstić information content (AvgIpc) is 3.26. The van der Waals surface area contributed by atoms with Gasteiger partial charge in [0.2, 0.25) is 0 Å². The van der Waals surface area contributed by atoms with Crippen LogP contribution in [-0.4, -0.2) is 77.7 Å². The number of carboxylic acids is 1. The Morgan fingerprint density at radius 3 is 2.77 bits per heavy atom. The summed E-state index contributed by atoms with van der Waals surface area (Å²) in [5.74, 6) is -0.841. The van der Waals surface area contributed by atoms with E-state index in [1.54, 1.807) is 0 Å². The van der Waals surface area contributed by atoms with Crippen molar-refractivity contribution in [3.63, 3.8) is 0 Å². The van der Waals surface area contributed by atoms with Gasteiger partial charge in [-0.1, -0.05) is 6.92 Å². The van der Waals surface area contributed by atoms with Gasteiger partial charge in [0.15, 0.2) is 17.7 Å². The predicted molar refractivity (Wildman–Crippen MR) is 107 cm³/mol. The van der Waals surface area contributed by atoms with Crippen molar-refractivity contribution in [1.29, 1.82) is 0 Å². The molecule has 0 spiro atoms. The molecule has 0 aromatic carbocycles. The molecule has 166 valence electrons. The van der Waals surface area contributed by atoms with E-state index in [2.05, 4.69) is 20.3 Å². The van der Waals surface area contributed by atoms with Crippen LogP contribution < -0.4 is 16.8 Å². The molecule has 1 fully saturated rings. The molecule has 3 rings (SSSR count). The first kappa shape index (κ1) is 22.3. The molecule has 2 aromatic heterocycles. The smallest absolute Gasteiger partial charge is 0.320 e. The Morgan fingerprint density at radius 2 is 2.07 bits per heavy atom. The van der Waals surface area contributed by atoms with Gasteiger partial charge in [-0.15, -0.1) is 0 Å². The van der Waals surface area contributed by atoms with Crippen LogP contribution in [0.5, 0.6) is 0 Å². The number of carboxylic acid groups (broad SMARTS) is 1. The second-order valence-corrected chi connectivity index (χ2v) is 7.54. The Bertz CT molecular complexity index is 863. The summed E-state index contributed by atoms with van der Waals surface area (Å²) in [4.78, 5) is 23.2. The first-order valence-corrected chi connectivity index (χ1v) is 9.99. The monoisotopic (exact) mass is 423 g/mol. The van der Waals surface area contributed by atoms with Crippen molar-refractivity contribution in [2.45, 2.75) is 69.2 Å². The highest BCUT2D eigenvalue weighted by molar-refractivity contribution is 5.81. The van der Waals surface area contributed by atoms with Gasteiger partial charge in [-0.05, 0) is 32.2 Å². The number of imidazole rings is 1. The van der Waals surface area contributed by atoms with Gasteiger partial charge in [-0.3, -0.25) is 9.36 Å². The molecule has 1 saturated heterocycles. The molecule has 3 heterocycles. The maximum atomic E-state index is 11.0. The van der Waals surface area contributed by atoms with E-state index in [1.807, 2.05) is 6.92 Å². The van der Waals surface area contributed by atoms with Crippen LogP contribution >= 0.6 is 0 Å². The van der Waals surface area contributed by atoms with Crippen LogP contribution in [0.25, 0.3) is 11.2 Å². The molecule has 12 heteroatoms. The molecule has 0 amide bonds. The highest BCUT2D eigenvalue weighted by Gasteiger charge is 2.45. The molecule has 6 atom stereocenters. The summed E-state index contributed by atoms with van der Waals surface area (Å²) in [6.45, 7) is 2.75. The Balaban J connectivity index is 1.72. The molecule has 0 aliphatic carbocycles. The molecule has 0 radical (unpaired) electrons. The molecule has 2 aromatic rings. The lowest BCUT2D eigenvalue weighted by Crippen LogP contribution is -2.40. The fraction of sp³-hybridized carbons (Fsp3) is 0.667. The Labute approximate surface area is 173 Å². The first-order valence-electron chi connectivity index (χ1n) is 9.99. The summed E-state index contributed by atoms with van der Waals surface area (Å²) in [6.07, 6.45) is 0.899. The van der Waals surface area contributed by atoms with E-state index in [-0.39, 0.29) is 18.3 Å². The number of aliphatic hydroxyl groups excluding tert-OH is 2. The van der Waals surface area contributed by atoms with Crippen molar-refractivity contribution in [2.75, 3.05) is 12.3 Å². The zero-order valence-electron chi connectivity index (χ0n) is 16.8. The Morgan fingerprint density at radius 1 is 1.30 bits per heavy atom. The number of nitrogens with zero attached hydrogens (tertiary/aromatic N) is 4. The van der Waals surface area contributed by atoms with E-state index in [0.717, 1.165) is 13.0 Å². The van der Waals surface area contributed by atoms with Gasteiger partial charge in [0, 0.05) is 6.04 Å². The molecule has 2 unspecified atom stereocenters. The van der Waals surface area contributed by atoms with Gasteiger partial charge in [-0.25, -0.2) is 15.0 Å². The van der Waals surface area contributed by atoms with E-state index >= 15 is 0 Å². The number of nitrogen functional groups attached to an aromatic ring is 1. The fourth-order valence-corrected chi connectivity index (χ4v) is 3.65. The minimum Gasteiger partial charge on any atom is -0.480 e. The number of nitrogens with one attached hydrogen (secondary N) is 1. The van der Waals surface area contributed by atoms with Crippen molar-refractivity contribution in [2.24, 2.45) is 5.73 Å². The topological polar surface area (TPSA) is 195 Å². The zero-order valence-corrected chi connectivity index (χ0v) is 16.8. The third-order valence-corrected chi connectivity index (χ3v) is 5.34. The van der Waals surface area contributed by atoms with Gasteiger partial charge in [0.1, 0.15) is 30.1 Å². The van der Waals surface area contributed by atoms with Crippen molar-refractivity contribution in [3.8, 4) is 0 Å². The molecule has 0 saturated carbocycles. The Hall–Kier alpha value is -2.38. The largest absolute Gasteiger partial charge is 0.480 e. The van der Waals surface area contributed by atoms with Crippen molar-refractivity contribution < 1.29 is 24.9 Å². The molecular weight excluding hydrogens is 394 g/mol. The number of carbonyl (C=O) groups is 1. The van der Waals surface area contributed by atoms with Crippen molar-refractivity contribution >= 4 is 23.0 Å². The third kappa shape index (κ3) is 4.68. The normalized spacial score (nSPS) is 26.1. The second kappa shape index (κ2) is 9.62. The number of fused-ring (bicyclic) bond motifs is 1. The molecule has 12 nitrogen and oxygen atoms in total. The number of aliphatic hydroxyl groups is 2. The van der Waals surface area contributed by atoms with Crippen LogP contribution in [0.3, 0.4) is 0 Å². The van der Waals surface area contributed by atoms with E-state index in [9.17, 15) is 15.0 Å². The van der Waals surface area contributed by atoms with Crippen LogP contribution in [0.1, 0.15) is 38.8 Å². The average molecular weight is 423 g/mol. The summed E-state index contributed by atoms with van der Waals surface area (Å²) in [5, 5.41) is 33.5. The van der Waals surface area contributed by atoms with Crippen LogP contribution in [-0.2, 0) is 9.53 Å². The highest BCUT2D eigenvalue weighted by Crippen LogP contribution is 2.34. The quantitative estimate of drug-likeness (QED) is 0.274. The SMILES string of the molecule is CCCN[C@@H](CC[C@H](N)C(=O)O)C[C@H]1O[C@@H](n2cnc3c(N)ncnc32)C(O)C1O. The number of nitrogens with two attached hydrogens (primary N) is 2. The first-order chi connectivity index (χ1) is 14.3. The number of anilines is 1. The molecule has 8 N–H and O–H groups in total. The minimum atomic E-state index is -1.20. The zero-order chi connectivity index (χ0) is 21.8. The van der Waals surface area contributed by atoms with Gasteiger partial charge >= 0.3 is 5.97 Å². The van der Waals surface area contributed by atoms with Crippen molar-refractivity contribution in [1.82, 2.24) is 24.8 Å². The summed E-state index contributed by atoms with van der Waals surface area (Å²) in [5.41, 5.74) is 12.2. The molecule has 0 bridgehead atoms. The maximum Gasteiger partial charge on any atom is 0.320 e. The van der Waals surface area contributed by atoms with Gasteiger partial charge in [-0.2, -0.15) is 0 Å². The van der Waals surface area contributed by atoms with Gasteiger partial charge < -0.3 is 36.8 Å². The third-order valence-electron chi connectivity index (χ3n) is 5.34. The summed E-state index contributed by atoms with van der Waals surface area (Å²) in [6, 6.07) is -1.08. The number of hydrogen-bond acceptors (Lipinski definition) is 10. The lowest BCUT2D eigenvalue weighted by Gasteiger charge is -2.24. The number of hydrogen-bond donors (Lipinski definition) is 6. The Kier molecular flexibility index (Phi) is 7.15. The van der Waals surface area contributed by atoms with Crippen LogP contribution in [0, 0.1) is 0 Å². The lowest BCUT2D eigenvalue weighted by molar-refractivity contribution is -0.138. The number of ether oxygens (including phenoxy) is 1. The van der Waals surface area contributed by atoms with E-state index < -0.39 is 36.6 Å². The standard InChI is InChI=1S/C18H29N7O5/c1-2-5-21-9(3-4-10(19)18(28)29)6-11-13(26)14(27)17(30-11)25-8-24-12-15(20)22-7-23-16(12)25/h7-11,13-14,17,21,26-27H,2-6,19H2,1H3,(H,28,29)(H2,20,22,23)/t9-,10-,11+,13?,14?,17+/m0/s1. The highest BCUT2D eigenvalue weighted by atomic mass is 16.6. The number of rotatable bonds is 10.